The van der Waals surface area contributed by atoms with Crippen molar-refractivity contribution in [2.24, 2.45) is 5.92 Å². The SMILES string of the molecule is CCC[C@]1(C2CCN(C(=O)/C=C/c3ccccc3F)CC2)NC(=O)N(CC[C@@H]2CCCN2C)C1=O. The van der Waals surface area contributed by atoms with E-state index in [0.29, 0.717) is 50.5 Å². The van der Waals surface area contributed by atoms with Crippen LogP contribution < -0.4 is 5.32 Å². The third-order valence-corrected chi connectivity index (χ3v) is 8.02. The van der Waals surface area contributed by atoms with Crippen LogP contribution in [-0.4, -0.2) is 77.4 Å². The second kappa shape index (κ2) is 10.9. The largest absolute Gasteiger partial charge is 0.339 e. The highest BCUT2D eigenvalue weighted by atomic mass is 19.1. The first-order valence-corrected chi connectivity index (χ1v) is 12.9. The van der Waals surface area contributed by atoms with Gasteiger partial charge in [-0.3, -0.25) is 14.5 Å². The van der Waals surface area contributed by atoms with Crippen LogP contribution >= 0.6 is 0 Å². The third-order valence-electron chi connectivity index (χ3n) is 8.02. The summed E-state index contributed by atoms with van der Waals surface area (Å²) in [5, 5.41) is 3.09. The van der Waals surface area contributed by atoms with Crippen LogP contribution in [0.15, 0.2) is 30.3 Å². The molecule has 3 heterocycles. The Kier molecular flexibility index (Phi) is 7.89. The fraction of sp³-hybridized carbons (Fsp3) is 0.593. The van der Waals surface area contributed by atoms with E-state index in [1.54, 1.807) is 23.1 Å². The number of hydrogen-bond donors (Lipinski definition) is 1. The van der Waals surface area contributed by atoms with Gasteiger partial charge in [-0.25, -0.2) is 9.18 Å². The molecule has 4 amide bonds. The van der Waals surface area contributed by atoms with Crippen molar-refractivity contribution in [2.75, 3.05) is 33.2 Å². The van der Waals surface area contributed by atoms with E-state index in [9.17, 15) is 18.8 Å². The summed E-state index contributed by atoms with van der Waals surface area (Å²) in [6.07, 6.45) is 8.66. The smallest absolute Gasteiger partial charge is 0.325 e. The predicted molar refractivity (Wildman–Crippen MR) is 133 cm³/mol. The number of carbonyl (C=O) groups is 3. The molecular weight excluding hydrogens is 447 g/mol. The zero-order chi connectivity index (χ0) is 25.0. The van der Waals surface area contributed by atoms with Crippen LogP contribution in [0.5, 0.6) is 0 Å². The molecule has 190 valence electrons. The first-order valence-electron chi connectivity index (χ1n) is 12.9. The van der Waals surface area contributed by atoms with Gasteiger partial charge in [-0.2, -0.15) is 0 Å². The second-order valence-corrected chi connectivity index (χ2v) is 10.1. The molecule has 4 rings (SSSR count). The van der Waals surface area contributed by atoms with Crippen LogP contribution in [0.2, 0.25) is 0 Å². The Bertz CT molecular complexity index is 975. The van der Waals surface area contributed by atoms with Crippen LogP contribution in [0.3, 0.4) is 0 Å². The molecule has 3 aliphatic rings. The molecule has 0 saturated carbocycles. The number of benzene rings is 1. The first-order chi connectivity index (χ1) is 16.9. The van der Waals surface area contributed by atoms with Crippen molar-refractivity contribution in [3.63, 3.8) is 0 Å². The van der Waals surface area contributed by atoms with Gasteiger partial charge in [-0.15, -0.1) is 0 Å². The molecule has 0 spiro atoms. The van der Waals surface area contributed by atoms with E-state index in [1.165, 1.54) is 23.1 Å². The summed E-state index contributed by atoms with van der Waals surface area (Å²) in [5.74, 6) is -0.649. The van der Waals surface area contributed by atoms with Crippen molar-refractivity contribution in [3.8, 4) is 0 Å². The van der Waals surface area contributed by atoms with E-state index in [1.807, 2.05) is 6.92 Å². The lowest BCUT2D eigenvalue weighted by atomic mass is 9.74. The van der Waals surface area contributed by atoms with Crippen LogP contribution in [0.1, 0.15) is 57.4 Å². The van der Waals surface area contributed by atoms with E-state index >= 15 is 0 Å². The Labute approximate surface area is 207 Å². The minimum atomic E-state index is -0.883. The van der Waals surface area contributed by atoms with Crippen molar-refractivity contribution >= 4 is 23.9 Å². The van der Waals surface area contributed by atoms with Gasteiger partial charge < -0.3 is 15.1 Å². The van der Waals surface area contributed by atoms with Crippen LogP contribution in [0.25, 0.3) is 6.08 Å². The number of piperidine rings is 1. The molecule has 7 nitrogen and oxygen atoms in total. The number of carbonyl (C=O) groups excluding carboxylic acids is 3. The summed E-state index contributed by atoms with van der Waals surface area (Å²) in [6.45, 7) is 4.56. The molecule has 3 saturated heterocycles. The van der Waals surface area contributed by atoms with Gasteiger partial charge in [0, 0.05) is 37.3 Å². The number of imide groups is 1. The lowest BCUT2D eigenvalue weighted by Gasteiger charge is -2.40. The molecule has 3 fully saturated rings. The molecule has 0 unspecified atom stereocenters. The number of amides is 4. The molecule has 2 atom stereocenters. The number of likely N-dealkylation sites (tertiary alicyclic amines) is 2. The number of urea groups is 1. The van der Waals surface area contributed by atoms with E-state index < -0.39 is 5.54 Å². The normalized spacial score (nSPS) is 26.2. The minimum Gasteiger partial charge on any atom is -0.339 e. The Morgan fingerprint density at radius 3 is 2.57 bits per heavy atom. The van der Waals surface area contributed by atoms with Gasteiger partial charge in [0.2, 0.25) is 5.91 Å². The minimum absolute atomic E-state index is 0.0161. The molecule has 0 aromatic heterocycles. The molecule has 3 aliphatic heterocycles. The van der Waals surface area contributed by atoms with Gasteiger partial charge in [0.1, 0.15) is 11.4 Å². The Morgan fingerprint density at radius 1 is 1.17 bits per heavy atom. The van der Waals surface area contributed by atoms with E-state index in [0.717, 1.165) is 32.2 Å². The third kappa shape index (κ3) is 5.27. The first kappa shape index (κ1) is 25.4. The molecule has 0 radical (unpaired) electrons. The van der Waals surface area contributed by atoms with Crippen LogP contribution in [0.4, 0.5) is 9.18 Å². The standard InChI is InChI=1S/C27H37FN4O3/c1-3-15-27(25(34)32(26(35)29-27)19-14-22-8-6-16-30(22)2)21-12-17-31(18-13-21)24(33)11-10-20-7-4-5-9-23(20)28/h4-5,7,9-11,21-22H,3,6,8,12-19H2,1-2H3,(H,29,35)/b11-10+/t22-,27+/m0/s1. The second-order valence-electron chi connectivity index (χ2n) is 10.1. The highest BCUT2D eigenvalue weighted by molar-refractivity contribution is 6.07. The van der Waals surface area contributed by atoms with Crippen molar-refractivity contribution < 1.29 is 18.8 Å². The summed E-state index contributed by atoms with van der Waals surface area (Å²) in [4.78, 5) is 44.7. The molecular formula is C27H37FN4O3. The predicted octanol–water partition coefficient (Wildman–Crippen LogP) is 3.65. The van der Waals surface area contributed by atoms with Crippen molar-refractivity contribution in [3.05, 3.63) is 41.7 Å². The molecule has 0 aliphatic carbocycles. The van der Waals surface area contributed by atoms with Crippen molar-refractivity contribution in [2.45, 2.75) is 63.5 Å². The molecule has 8 heteroatoms. The maximum Gasteiger partial charge on any atom is 0.325 e. The topological polar surface area (TPSA) is 73.0 Å². The number of nitrogens with one attached hydrogen (secondary N) is 1. The lowest BCUT2D eigenvalue weighted by Crippen LogP contribution is -2.56. The highest BCUT2D eigenvalue weighted by Crippen LogP contribution is 2.37. The zero-order valence-electron chi connectivity index (χ0n) is 20.8. The zero-order valence-corrected chi connectivity index (χ0v) is 20.8. The van der Waals surface area contributed by atoms with Gasteiger partial charge in [0.15, 0.2) is 0 Å². The van der Waals surface area contributed by atoms with Gasteiger partial charge in [0.05, 0.1) is 0 Å². The summed E-state index contributed by atoms with van der Waals surface area (Å²) < 4.78 is 13.8. The lowest BCUT2D eigenvalue weighted by molar-refractivity contribution is -0.135. The molecule has 35 heavy (non-hydrogen) atoms. The maximum absolute atomic E-state index is 13.8. The summed E-state index contributed by atoms with van der Waals surface area (Å²) in [6, 6.07) is 6.48. The number of halogens is 1. The summed E-state index contributed by atoms with van der Waals surface area (Å²) >= 11 is 0. The van der Waals surface area contributed by atoms with Crippen molar-refractivity contribution in [1.29, 1.82) is 0 Å². The average Bonchev–Trinajstić information content (AvgIpc) is 3.37. The average molecular weight is 485 g/mol. The highest BCUT2D eigenvalue weighted by Gasteiger charge is 2.55. The van der Waals surface area contributed by atoms with E-state index in [-0.39, 0.29) is 29.6 Å². The van der Waals surface area contributed by atoms with Crippen LogP contribution in [0, 0.1) is 11.7 Å². The number of nitrogens with zero attached hydrogens (tertiary/aromatic N) is 3. The van der Waals surface area contributed by atoms with E-state index in [4.69, 9.17) is 0 Å². The number of hydrogen-bond acceptors (Lipinski definition) is 4. The monoisotopic (exact) mass is 484 g/mol. The Balaban J connectivity index is 1.38. The molecule has 1 aromatic rings. The van der Waals surface area contributed by atoms with E-state index in [2.05, 4.69) is 17.3 Å². The Morgan fingerprint density at radius 2 is 1.91 bits per heavy atom. The molecule has 0 bridgehead atoms. The maximum atomic E-state index is 13.8. The van der Waals surface area contributed by atoms with Gasteiger partial charge >= 0.3 is 6.03 Å². The van der Waals surface area contributed by atoms with Crippen LogP contribution in [-0.2, 0) is 9.59 Å². The summed E-state index contributed by atoms with van der Waals surface area (Å²) in [5.41, 5.74) is -0.508. The Hall–Kier alpha value is -2.74. The fourth-order valence-corrected chi connectivity index (χ4v) is 5.98. The molecule has 1 N–H and O–H groups in total. The summed E-state index contributed by atoms with van der Waals surface area (Å²) in [7, 11) is 2.10. The van der Waals surface area contributed by atoms with Crippen molar-refractivity contribution in [1.82, 2.24) is 20.0 Å². The van der Waals surface area contributed by atoms with Gasteiger partial charge in [-0.05, 0) is 70.2 Å². The molecule has 1 aromatic carbocycles. The fourth-order valence-electron chi connectivity index (χ4n) is 5.98. The van der Waals surface area contributed by atoms with Gasteiger partial charge in [-0.1, -0.05) is 31.5 Å². The number of rotatable bonds is 8. The quantitative estimate of drug-likeness (QED) is 0.452. The van der Waals surface area contributed by atoms with Gasteiger partial charge in [0.25, 0.3) is 5.91 Å².